The topological polar surface area (TPSA) is 54.3 Å². The SMILES string of the molecule is CCNCc1cc(S(=O)(=O)N2CCCCC2C)cn1C. The highest BCUT2D eigenvalue weighted by atomic mass is 32.2. The van der Waals surface area contributed by atoms with Crippen molar-refractivity contribution in [3.8, 4) is 0 Å². The van der Waals surface area contributed by atoms with Crippen LogP contribution >= 0.6 is 0 Å². The van der Waals surface area contributed by atoms with E-state index in [1.807, 2.05) is 25.5 Å². The van der Waals surface area contributed by atoms with E-state index < -0.39 is 10.0 Å². The minimum atomic E-state index is -3.35. The average molecular weight is 299 g/mol. The van der Waals surface area contributed by atoms with Gasteiger partial charge in [-0.15, -0.1) is 0 Å². The Bertz CT molecular complexity index is 551. The van der Waals surface area contributed by atoms with E-state index in [9.17, 15) is 8.42 Å². The van der Waals surface area contributed by atoms with Gasteiger partial charge in [0.1, 0.15) is 4.90 Å². The molecule has 2 rings (SSSR count). The first kappa shape index (κ1) is 15.5. The summed E-state index contributed by atoms with van der Waals surface area (Å²) < 4.78 is 29.0. The molecule has 0 amide bonds. The Morgan fingerprint density at radius 1 is 1.40 bits per heavy atom. The Morgan fingerprint density at radius 3 is 2.80 bits per heavy atom. The molecule has 0 aliphatic carbocycles. The highest BCUT2D eigenvalue weighted by Gasteiger charge is 2.31. The molecule has 0 aromatic carbocycles. The largest absolute Gasteiger partial charge is 0.352 e. The molecule has 1 atom stereocenters. The van der Waals surface area contributed by atoms with Crippen molar-refractivity contribution in [2.75, 3.05) is 13.1 Å². The predicted octanol–water partition coefficient (Wildman–Crippen LogP) is 1.70. The van der Waals surface area contributed by atoms with Crippen LogP contribution in [0.5, 0.6) is 0 Å². The first-order chi connectivity index (χ1) is 9.46. The van der Waals surface area contributed by atoms with Crippen LogP contribution in [-0.4, -0.2) is 36.4 Å². The number of hydrogen-bond donors (Lipinski definition) is 1. The quantitative estimate of drug-likeness (QED) is 0.900. The summed E-state index contributed by atoms with van der Waals surface area (Å²) >= 11 is 0. The molecular formula is C14H25N3O2S. The number of sulfonamides is 1. The molecule has 1 aliphatic heterocycles. The fourth-order valence-corrected chi connectivity index (χ4v) is 4.51. The van der Waals surface area contributed by atoms with Crippen molar-refractivity contribution in [3.05, 3.63) is 18.0 Å². The van der Waals surface area contributed by atoms with Crippen molar-refractivity contribution in [2.45, 2.75) is 50.6 Å². The van der Waals surface area contributed by atoms with Crippen molar-refractivity contribution in [2.24, 2.45) is 7.05 Å². The summed E-state index contributed by atoms with van der Waals surface area (Å²) in [7, 11) is -1.46. The fourth-order valence-electron chi connectivity index (χ4n) is 2.71. The lowest BCUT2D eigenvalue weighted by Crippen LogP contribution is -2.41. The van der Waals surface area contributed by atoms with E-state index >= 15 is 0 Å². The zero-order chi connectivity index (χ0) is 14.8. The molecule has 0 spiro atoms. The van der Waals surface area contributed by atoms with Crippen molar-refractivity contribution in [1.82, 2.24) is 14.2 Å². The number of aryl methyl sites for hydroxylation is 1. The second-order valence-corrected chi connectivity index (χ2v) is 7.41. The van der Waals surface area contributed by atoms with Crippen LogP contribution in [-0.2, 0) is 23.6 Å². The maximum absolute atomic E-state index is 12.7. The van der Waals surface area contributed by atoms with Crippen LogP contribution in [0.1, 0.15) is 38.8 Å². The van der Waals surface area contributed by atoms with Crippen molar-refractivity contribution < 1.29 is 8.42 Å². The molecular weight excluding hydrogens is 274 g/mol. The average Bonchev–Trinajstić information content (AvgIpc) is 2.79. The molecule has 1 N–H and O–H groups in total. The van der Waals surface area contributed by atoms with E-state index in [0.717, 1.165) is 31.5 Å². The van der Waals surface area contributed by atoms with Gasteiger partial charge in [-0.3, -0.25) is 0 Å². The van der Waals surface area contributed by atoms with Crippen LogP contribution in [0.25, 0.3) is 0 Å². The summed E-state index contributed by atoms with van der Waals surface area (Å²) in [4.78, 5) is 0.418. The normalized spacial score (nSPS) is 21.2. The van der Waals surface area contributed by atoms with Crippen LogP contribution in [0.3, 0.4) is 0 Å². The van der Waals surface area contributed by atoms with Crippen LogP contribution in [0.15, 0.2) is 17.2 Å². The zero-order valence-corrected chi connectivity index (χ0v) is 13.4. The first-order valence-electron chi connectivity index (χ1n) is 7.34. The van der Waals surface area contributed by atoms with Gasteiger partial charge in [0.25, 0.3) is 0 Å². The van der Waals surface area contributed by atoms with E-state index in [1.165, 1.54) is 0 Å². The lowest BCUT2D eigenvalue weighted by atomic mass is 10.1. The Kier molecular flexibility index (Phi) is 4.88. The lowest BCUT2D eigenvalue weighted by Gasteiger charge is -2.31. The van der Waals surface area contributed by atoms with Gasteiger partial charge in [0.05, 0.1) is 0 Å². The molecule has 6 heteroatoms. The molecule has 5 nitrogen and oxygen atoms in total. The third-order valence-corrected chi connectivity index (χ3v) is 5.97. The number of nitrogens with one attached hydrogen (secondary N) is 1. The summed E-state index contributed by atoms with van der Waals surface area (Å²) in [5, 5.41) is 3.23. The molecule has 2 heterocycles. The molecule has 0 bridgehead atoms. The van der Waals surface area contributed by atoms with E-state index in [2.05, 4.69) is 5.32 Å². The van der Waals surface area contributed by atoms with E-state index in [-0.39, 0.29) is 6.04 Å². The van der Waals surface area contributed by atoms with Gasteiger partial charge in [-0.05, 0) is 32.4 Å². The Hall–Kier alpha value is -0.850. The molecule has 1 unspecified atom stereocenters. The fraction of sp³-hybridized carbons (Fsp3) is 0.714. The number of aromatic nitrogens is 1. The van der Waals surface area contributed by atoms with Gasteiger partial charge in [0.15, 0.2) is 0 Å². The van der Waals surface area contributed by atoms with Gasteiger partial charge in [0.2, 0.25) is 10.0 Å². The number of hydrogen-bond acceptors (Lipinski definition) is 3. The smallest absolute Gasteiger partial charge is 0.244 e. The lowest BCUT2D eigenvalue weighted by molar-refractivity contribution is 0.268. The summed E-state index contributed by atoms with van der Waals surface area (Å²) in [5.41, 5.74) is 0.995. The van der Waals surface area contributed by atoms with Crippen molar-refractivity contribution in [1.29, 1.82) is 0 Å². The maximum atomic E-state index is 12.7. The maximum Gasteiger partial charge on any atom is 0.244 e. The Balaban J connectivity index is 2.25. The minimum absolute atomic E-state index is 0.103. The minimum Gasteiger partial charge on any atom is -0.352 e. The van der Waals surface area contributed by atoms with Gasteiger partial charge in [-0.25, -0.2) is 8.42 Å². The molecule has 1 aromatic rings. The Labute approximate surface area is 122 Å². The van der Waals surface area contributed by atoms with Gasteiger partial charge in [-0.1, -0.05) is 13.3 Å². The third kappa shape index (κ3) is 3.07. The van der Waals surface area contributed by atoms with Crippen LogP contribution < -0.4 is 5.32 Å². The molecule has 1 fully saturated rings. The second-order valence-electron chi connectivity index (χ2n) is 5.52. The van der Waals surface area contributed by atoms with E-state index in [0.29, 0.717) is 18.0 Å². The predicted molar refractivity (Wildman–Crippen MR) is 80.0 cm³/mol. The van der Waals surface area contributed by atoms with Gasteiger partial charge in [0, 0.05) is 38.1 Å². The second kappa shape index (κ2) is 6.28. The first-order valence-corrected chi connectivity index (χ1v) is 8.78. The van der Waals surface area contributed by atoms with Gasteiger partial charge < -0.3 is 9.88 Å². The van der Waals surface area contributed by atoms with Gasteiger partial charge >= 0.3 is 0 Å². The number of piperidine rings is 1. The highest BCUT2D eigenvalue weighted by molar-refractivity contribution is 7.89. The summed E-state index contributed by atoms with van der Waals surface area (Å²) in [6.07, 6.45) is 4.76. The molecule has 1 aliphatic rings. The molecule has 20 heavy (non-hydrogen) atoms. The molecule has 114 valence electrons. The van der Waals surface area contributed by atoms with Crippen LogP contribution in [0.2, 0.25) is 0 Å². The van der Waals surface area contributed by atoms with Crippen molar-refractivity contribution >= 4 is 10.0 Å². The molecule has 0 radical (unpaired) electrons. The zero-order valence-electron chi connectivity index (χ0n) is 12.6. The standard InChI is InChI=1S/C14H25N3O2S/c1-4-15-10-13-9-14(11-16(13)3)20(18,19)17-8-6-5-7-12(17)2/h9,11-12,15H,4-8,10H2,1-3H3. The summed E-state index contributed by atoms with van der Waals surface area (Å²) in [5.74, 6) is 0. The number of rotatable bonds is 5. The Morgan fingerprint density at radius 2 is 2.15 bits per heavy atom. The van der Waals surface area contributed by atoms with Gasteiger partial charge in [-0.2, -0.15) is 4.31 Å². The molecule has 1 aromatic heterocycles. The highest BCUT2D eigenvalue weighted by Crippen LogP contribution is 2.26. The van der Waals surface area contributed by atoms with E-state index in [1.54, 1.807) is 16.6 Å². The van der Waals surface area contributed by atoms with Crippen molar-refractivity contribution in [3.63, 3.8) is 0 Å². The number of nitrogens with zero attached hydrogens (tertiary/aromatic N) is 2. The molecule has 0 saturated carbocycles. The monoisotopic (exact) mass is 299 g/mol. The summed E-state index contributed by atoms with van der Waals surface area (Å²) in [6.45, 7) is 6.24. The van der Waals surface area contributed by atoms with Crippen LogP contribution in [0, 0.1) is 0 Å². The summed E-state index contributed by atoms with van der Waals surface area (Å²) in [6, 6.07) is 1.89. The van der Waals surface area contributed by atoms with Crippen LogP contribution in [0.4, 0.5) is 0 Å². The third-order valence-electron chi connectivity index (χ3n) is 3.99. The molecule has 1 saturated heterocycles. The van der Waals surface area contributed by atoms with E-state index in [4.69, 9.17) is 0 Å².